The van der Waals surface area contributed by atoms with Crippen LogP contribution in [0.25, 0.3) is 11.0 Å². The number of hydrogen-bond donors (Lipinski definition) is 1. The highest BCUT2D eigenvalue weighted by Crippen LogP contribution is 2.35. The largest absolute Gasteiger partial charge is 0.496 e. The molecule has 0 radical (unpaired) electrons. The van der Waals surface area contributed by atoms with Crippen LogP contribution in [-0.2, 0) is 14.1 Å². The number of imidazole rings is 1. The maximum atomic E-state index is 12.8. The number of anilines is 1. The summed E-state index contributed by atoms with van der Waals surface area (Å²) >= 11 is 0. The van der Waals surface area contributed by atoms with E-state index < -0.39 is 0 Å². The average molecular weight is 371 g/mol. The summed E-state index contributed by atoms with van der Waals surface area (Å²) in [7, 11) is 7.88. The number of carbonyl (C=O) groups is 1. The van der Waals surface area contributed by atoms with Crippen LogP contribution in [0.3, 0.4) is 0 Å². The monoisotopic (exact) mass is 371 g/mol. The minimum Gasteiger partial charge on any atom is -0.496 e. The van der Waals surface area contributed by atoms with Crippen molar-refractivity contribution in [1.82, 2.24) is 9.13 Å². The van der Waals surface area contributed by atoms with Gasteiger partial charge >= 0.3 is 5.69 Å². The summed E-state index contributed by atoms with van der Waals surface area (Å²) in [6, 6.07) is 8.44. The Morgan fingerprint density at radius 1 is 0.852 bits per heavy atom. The van der Waals surface area contributed by atoms with Crippen molar-refractivity contribution in [2.45, 2.75) is 0 Å². The fourth-order valence-corrected chi connectivity index (χ4v) is 2.99. The van der Waals surface area contributed by atoms with E-state index in [2.05, 4.69) is 5.32 Å². The van der Waals surface area contributed by atoms with E-state index >= 15 is 0 Å². The second kappa shape index (κ2) is 7.06. The summed E-state index contributed by atoms with van der Waals surface area (Å²) in [6.07, 6.45) is 0. The Balaban J connectivity index is 1.99. The van der Waals surface area contributed by atoms with E-state index in [1.165, 1.54) is 25.9 Å². The Kier molecular flexibility index (Phi) is 4.81. The van der Waals surface area contributed by atoms with E-state index in [-0.39, 0.29) is 11.6 Å². The number of rotatable bonds is 5. The Morgan fingerprint density at radius 2 is 1.44 bits per heavy atom. The third kappa shape index (κ3) is 3.10. The van der Waals surface area contributed by atoms with Gasteiger partial charge in [0, 0.05) is 31.9 Å². The molecule has 0 saturated carbocycles. The normalized spacial score (nSPS) is 10.7. The van der Waals surface area contributed by atoms with Gasteiger partial charge in [-0.05, 0) is 18.2 Å². The summed E-state index contributed by atoms with van der Waals surface area (Å²) in [4.78, 5) is 24.8. The summed E-state index contributed by atoms with van der Waals surface area (Å²) in [5, 5.41) is 2.83. The smallest absolute Gasteiger partial charge is 0.328 e. The number of ether oxygens (including phenoxy) is 3. The maximum Gasteiger partial charge on any atom is 0.328 e. The number of carbonyl (C=O) groups excluding carboxylic acids is 1. The van der Waals surface area contributed by atoms with Gasteiger partial charge in [0.25, 0.3) is 5.91 Å². The molecule has 142 valence electrons. The second-order valence-electron chi connectivity index (χ2n) is 5.97. The summed E-state index contributed by atoms with van der Waals surface area (Å²) in [5.41, 5.74) is 2.24. The van der Waals surface area contributed by atoms with Gasteiger partial charge in [-0.25, -0.2) is 4.79 Å². The van der Waals surface area contributed by atoms with Crippen LogP contribution in [0, 0.1) is 0 Å². The van der Waals surface area contributed by atoms with E-state index in [1.54, 1.807) is 49.0 Å². The minimum absolute atomic E-state index is 0.130. The predicted octanol–water partition coefficient (Wildman–Crippen LogP) is 2.16. The first-order valence-electron chi connectivity index (χ1n) is 8.18. The van der Waals surface area contributed by atoms with Crippen molar-refractivity contribution in [3.05, 3.63) is 46.4 Å². The molecular formula is C19H21N3O5. The molecule has 0 spiro atoms. The number of aryl methyl sites for hydroxylation is 2. The topological polar surface area (TPSA) is 83.7 Å². The van der Waals surface area contributed by atoms with Crippen molar-refractivity contribution in [1.29, 1.82) is 0 Å². The first kappa shape index (κ1) is 18.4. The fourth-order valence-electron chi connectivity index (χ4n) is 2.99. The van der Waals surface area contributed by atoms with Crippen molar-refractivity contribution in [3.8, 4) is 17.2 Å². The van der Waals surface area contributed by atoms with Crippen LogP contribution in [0.5, 0.6) is 17.2 Å². The molecular weight excluding hydrogens is 350 g/mol. The number of benzene rings is 2. The average Bonchev–Trinajstić information content (AvgIpc) is 2.90. The maximum absolute atomic E-state index is 12.8. The number of fused-ring (bicyclic) bond motifs is 1. The van der Waals surface area contributed by atoms with Crippen molar-refractivity contribution < 1.29 is 19.0 Å². The van der Waals surface area contributed by atoms with Gasteiger partial charge < -0.3 is 19.5 Å². The molecule has 1 amide bonds. The van der Waals surface area contributed by atoms with Gasteiger partial charge in [0.15, 0.2) is 11.5 Å². The number of aromatic nitrogens is 2. The SMILES string of the molecule is COc1cc(OC)c(C(=O)Nc2ccc3c(c2)n(C)c(=O)n3C)cc1OC. The Labute approximate surface area is 155 Å². The van der Waals surface area contributed by atoms with E-state index in [9.17, 15) is 9.59 Å². The van der Waals surface area contributed by atoms with Gasteiger partial charge in [0.1, 0.15) is 5.75 Å². The van der Waals surface area contributed by atoms with Crippen LogP contribution < -0.4 is 25.2 Å². The Morgan fingerprint density at radius 3 is 2.07 bits per heavy atom. The highest BCUT2D eigenvalue weighted by molar-refractivity contribution is 6.07. The number of nitrogens with zero attached hydrogens (tertiary/aromatic N) is 2. The molecule has 0 unspecified atom stereocenters. The Bertz CT molecular complexity index is 1080. The number of methoxy groups -OCH3 is 3. The predicted molar refractivity (Wildman–Crippen MR) is 102 cm³/mol. The molecule has 1 heterocycles. The van der Waals surface area contributed by atoms with Crippen molar-refractivity contribution in [2.75, 3.05) is 26.6 Å². The van der Waals surface area contributed by atoms with Crippen LogP contribution in [0.15, 0.2) is 35.1 Å². The van der Waals surface area contributed by atoms with Crippen molar-refractivity contribution in [3.63, 3.8) is 0 Å². The fraction of sp³-hybridized carbons (Fsp3) is 0.263. The van der Waals surface area contributed by atoms with E-state index in [4.69, 9.17) is 14.2 Å². The summed E-state index contributed by atoms with van der Waals surface area (Å²) in [5.74, 6) is 0.877. The molecule has 0 aliphatic carbocycles. The molecule has 0 aliphatic heterocycles. The minimum atomic E-state index is -0.368. The van der Waals surface area contributed by atoms with Gasteiger partial charge in [-0.15, -0.1) is 0 Å². The molecule has 0 bridgehead atoms. The number of amides is 1. The van der Waals surface area contributed by atoms with Gasteiger partial charge in [0.05, 0.1) is 37.9 Å². The summed E-state index contributed by atoms with van der Waals surface area (Å²) in [6.45, 7) is 0. The van der Waals surface area contributed by atoms with E-state index in [0.717, 1.165) is 11.0 Å². The molecule has 0 atom stereocenters. The van der Waals surface area contributed by atoms with Crippen LogP contribution in [0.1, 0.15) is 10.4 Å². The van der Waals surface area contributed by atoms with Crippen LogP contribution >= 0.6 is 0 Å². The zero-order valence-corrected chi connectivity index (χ0v) is 15.8. The van der Waals surface area contributed by atoms with E-state index in [1.807, 2.05) is 0 Å². The zero-order chi connectivity index (χ0) is 19.7. The third-order valence-corrected chi connectivity index (χ3v) is 4.48. The molecule has 0 fully saturated rings. The number of nitrogens with one attached hydrogen (secondary N) is 1. The second-order valence-corrected chi connectivity index (χ2v) is 5.97. The highest BCUT2D eigenvalue weighted by Gasteiger charge is 2.18. The van der Waals surface area contributed by atoms with Gasteiger partial charge in [-0.3, -0.25) is 13.9 Å². The molecule has 8 heteroatoms. The van der Waals surface area contributed by atoms with Gasteiger partial charge in [0.2, 0.25) is 0 Å². The van der Waals surface area contributed by atoms with Crippen LogP contribution in [-0.4, -0.2) is 36.4 Å². The molecule has 3 rings (SSSR count). The molecule has 8 nitrogen and oxygen atoms in total. The lowest BCUT2D eigenvalue weighted by molar-refractivity contribution is 0.102. The first-order valence-corrected chi connectivity index (χ1v) is 8.18. The molecule has 0 aliphatic rings. The Hall–Kier alpha value is -3.42. The van der Waals surface area contributed by atoms with Gasteiger partial charge in [-0.2, -0.15) is 0 Å². The highest BCUT2D eigenvalue weighted by atomic mass is 16.5. The van der Waals surface area contributed by atoms with Gasteiger partial charge in [-0.1, -0.05) is 0 Å². The zero-order valence-electron chi connectivity index (χ0n) is 15.8. The molecule has 1 N–H and O–H groups in total. The molecule has 1 aromatic heterocycles. The van der Waals surface area contributed by atoms with E-state index in [0.29, 0.717) is 28.5 Å². The third-order valence-electron chi connectivity index (χ3n) is 4.48. The lowest BCUT2D eigenvalue weighted by Gasteiger charge is -2.14. The molecule has 2 aromatic carbocycles. The van der Waals surface area contributed by atoms with Crippen LogP contribution in [0.4, 0.5) is 5.69 Å². The van der Waals surface area contributed by atoms with Crippen molar-refractivity contribution in [2.24, 2.45) is 14.1 Å². The summed E-state index contributed by atoms with van der Waals surface area (Å²) < 4.78 is 18.9. The molecule has 0 saturated heterocycles. The number of hydrogen-bond acceptors (Lipinski definition) is 5. The van der Waals surface area contributed by atoms with Crippen molar-refractivity contribution >= 4 is 22.6 Å². The lowest BCUT2D eigenvalue weighted by Crippen LogP contribution is -2.19. The molecule has 3 aromatic rings. The molecule has 27 heavy (non-hydrogen) atoms. The van der Waals surface area contributed by atoms with Crippen LogP contribution in [0.2, 0.25) is 0 Å². The standard InChI is InChI=1S/C19H21N3O5/c1-21-13-7-6-11(8-14(13)22(2)19(21)24)20-18(23)12-9-16(26-4)17(27-5)10-15(12)25-3/h6-10H,1-5H3,(H,20,23). The first-order chi connectivity index (χ1) is 12.9. The quantitative estimate of drug-likeness (QED) is 0.743. The lowest BCUT2D eigenvalue weighted by atomic mass is 10.1.